The Morgan fingerprint density at radius 3 is 3.00 bits per heavy atom. The SMILES string of the molecule is NC(=O)c1cccnc1NCC1CC(O)C1. The van der Waals surface area contributed by atoms with E-state index in [0.717, 1.165) is 12.8 Å². The van der Waals surface area contributed by atoms with Gasteiger partial charge in [-0.25, -0.2) is 4.98 Å². The summed E-state index contributed by atoms with van der Waals surface area (Å²) in [6.07, 6.45) is 3.08. The number of rotatable bonds is 4. The van der Waals surface area contributed by atoms with Gasteiger partial charge in [0, 0.05) is 12.7 Å². The van der Waals surface area contributed by atoms with Crippen LogP contribution in [0.2, 0.25) is 0 Å². The summed E-state index contributed by atoms with van der Waals surface area (Å²) in [7, 11) is 0. The molecule has 0 atom stereocenters. The Labute approximate surface area is 93.7 Å². The molecule has 86 valence electrons. The normalized spacial score (nSPS) is 23.6. The summed E-state index contributed by atoms with van der Waals surface area (Å²) < 4.78 is 0. The molecule has 2 rings (SSSR count). The molecular formula is C11H15N3O2. The molecule has 1 saturated carbocycles. The van der Waals surface area contributed by atoms with E-state index in [1.165, 1.54) is 0 Å². The van der Waals surface area contributed by atoms with Crippen molar-refractivity contribution in [2.45, 2.75) is 18.9 Å². The molecule has 1 aromatic heterocycles. The first-order chi connectivity index (χ1) is 7.66. The van der Waals surface area contributed by atoms with Crippen LogP contribution in [-0.2, 0) is 0 Å². The maximum absolute atomic E-state index is 11.1. The third-order valence-electron chi connectivity index (χ3n) is 2.84. The molecule has 1 aromatic rings. The van der Waals surface area contributed by atoms with Crippen LogP contribution in [0.4, 0.5) is 5.82 Å². The maximum Gasteiger partial charge on any atom is 0.252 e. The van der Waals surface area contributed by atoms with Gasteiger partial charge in [-0.2, -0.15) is 0 Å². The largest absolute Gasteiger partial charge is 0.393 e. The van der Waals surface area contributed by atoms with Crippen LogP contribution in [0.3, 0.4) is 0 Å². The van der Waals surface area contributed by atoms with Gasteiger partial charge in [-0.3, -0.25) is 4.79 Å². The van der Waals surface area contributed by atoms with E-state index in [0.29, 0.717) is 23.8 Å². The summed E-state index contributed by atoms with van der Waals surface area (Å²) in [5, 5.41) is 12.2. The lowest BCUT2D eigenvalue weighted by Gasteiger charge is -2.31. The van der Waals surface area contributed by atoms with E-state index in [9.17, 15) is 4.79 Å². The number of primary amides is 1. The van der Waals surface area contributed by atoms with Crippen LogP contribution in [0.1, 0.15) is 23.2 Å². The van der Waals surface area contributed by atoms with E-state index < -0.39 is 5.91 Å². The Balaban J connectivity index is 1.95. The standard InChI is InChI=1S/C11H15N3O2/c12-10(16)9-2-1-3-13-11(9)14-6-7-4-8(15)5-7/h1-3,7-8,15H,4-6H2,(H2,12,16)(H,13,14). The Bertz CT molecular complexity index is 389. The quantitative estimate of drug-likeness (QED) is 0.685. The number of hydrogen-bond acceptors (Lipinski definition) is 4. The monoisotopic (exact) mass is 221 g/mol. The molecule has 0 radical (unpaired) electrons. The molecule has 1 aliphatic rings. The highest BCUT2D eigenvalue weighted by Crippen LogP contribution is 2.27. The number of hydrogen-bond donors (Lipinski definition) is 3. The van der Waals surface area contributed by atoms with Crippen LogP contribution in [0.15, 0.2) is 18.3 Å². The number of pyridine rings is 1. The molecule has 5 nitrogen and oxygen atoms in total. The highest BCUT2D eigenvalue weighted by Gasteiger charge is 2.26. The summed E-state index contributed by atoms with van der Waals surface area (Å²) in [4.78, 5) is 15.2. The smallest absolute Gasteiger partial charge is 0.252 e. The van der Waals surface area contributed by atoms with Crippen molar-refractivity contribution in [1.82, 2.24) is 4.98 Å². The molecular weight excluding hydrogens is 206 g/mol. The molecule has 0 unspecified atom stereocenters. The van der Waals surface area contributed by atoms with Gasteiger partial charge in [0.2, 0.25) is 0 Å². The number of aliphatic hydroxyl groups excluding tert-OH is 1. The summed E-state index contributed by atoms with van der Waals surface area (Å²) in [5.41, 5.74) is 5.64. The number of carbonyl (C=O) groups excluding carboxylic acids is 1. The van der Waals surface area contributed by atoms with Crippen molar-refractivity contribution < 1.29 is 9.90 Å². The lowest BCUT2D eigenvalue weighted by molar-refractivity contribution is 0.0486. The first kappa shape index (κ1) is 10.9. The molecule has 1 aliphatic carbocycles. The van der Waals surface area contributed by atoms with Crippen LogP contribution in [-0.4, -0.2) is 28.6 Å². The Morgan fingerprint density at radius 1 is 1.62 bits per heavy atom. The van der Waals surface area contributed by atoms with Crippen LogP contribution < -0.4 is 11.1 Å². The van der Waals surface area contributed by atoms with Gasteiger partial charge in [0.15, 0.2) is 0 Å². The lowest BCUT2D eigenvalue weighted by atomic mass is 9.82. The van der Waals surface area contributed by atoms with Gasteiger partial charge in [0.1, 0.15) is 5.82 Å². The van der Waals surface area contributed by atoms with Crippen molar-refractivity contribution in [3.63, 3.8) is 0 Å². The molecule has 5 heteroatoms. The molecule has 1 amide bonds. The first-order valence-electron chi connectivity index (χ1n) is 5.33. The highest BCUT2D eigenvalue weighted by atomic mass is 16.3. The Morgan fingerprint density at radius 2 is 2.38 bits per heavy atom. The predicted octanol–water partition coefficient (Wildman–Crippen LogP) is 0.363. The second-order valence-corrected chi connectivity index (χ2v) is 4.14. The van der Waals surface area contributed by atoms with Crippen molar-refractivity contribution in [2.75, 3.05) is 11.9 Å². The molecule has 0 saturated heterocycles. The minimum atomic E-state index is -0.482. The van der Waals surface area contributed by atoms with Crippen molar-refractivity contribution in [1.29, 1.82) is 0 Å². The van der Waals surface area contributed by atoms with E-state index in [-0.39, 0.29) is 6.10 Å². The fourth-order valence-corrected chi connectivity index (χ4v) is 1.85. The maximum atomic E-state index is 11.1. The molecule has 0 bridgehead atoms. The van der Waals surface area contributed by atoms with Gasteiger partial charge in [-0.15, -0.1) is 0 Å². The van der Waals surface area contributed by atoms with E-state index in [1.807, 2.05) is 0 Å². The molecule has 1 fully saturated rings. The number of nitrogens with zero attached hydrogens (tertiary/aromatic N) is 1. The van der Waals surface area contributed by atoms with Gasteiger partial charge >= 0.3 is 0 Å². The zero-order chi connectivity index (χ0) is 11.5. The van der Waals surface area contributed by atoms with E-state index in [2.05, 4.69) is 10.3 Å². The predicted molar refractivity (Wildman–Crippen MR) is 60.0 cm³/mol. The van der Waals surface area contributed by atoms with Crippen molar-refractivity contribution in [3.05, 3.63) is 23.9 Å². The van der Waals surface area contributed by atoms with E-state index in [1.54, 1.807) is 18.3 Å². The number of anilines is 1. The van der Waals surface area contributed by atoms with Gasteiger partial charge in [-0.05, 0) is 30.9 Å². The molecule has 0 spiro atoms. The molecule has 1 heterocycles. The Hall–Kier alpha value is -1.62. The third-order valence-corrected chi connectivity index (χ3v) is 2.84. The number of amides is 1. The zero-order valence-corrected chi connectivity index (χ0v) is 8.89. The van der Waals surface area contributed by atoms with Crippen LogP contribution in [0, 0.1) is 5.92 Å². The van der Waals surface area contributed by atoms with Crippen molar-refractivity contribution in [2.24, 2.45) is 11.7 Å². The number of carbonyl (C=O) groups is 1. The van der Waals surface area contributed by atoms with E-state index in [4.69, 9.17) is 10.8 Å². The minimum absolute atomic E-state index is 0.161. The van der Waals surface area contributed by atoms with Crippen LogP contribution >= 0.6 is 0 Å². The second-order valence-electron chi connectivity index (χ2n) is 4.14. The molecule has 16 heavy (non-hydrogen) atoms. The number of aromatic nitrogens is 1. The average molecular weight is 221 g/mol. The lowest BCUT2D eigenvalue weighted by Crippen LogP contribution is -2.33. The van der Waals surface area contributed by atoms with Gasteiger partial charge < -0.3 is 16.2 Å². The second kappa shape index (κ2) is 4.49. The summed E-state index contributed by atoms with van der Waals surface area (Å²) in [5.74, 6) is 0.498. The highest BCUT2D eigenvalue weighted by molar-refractivity contribution is 5.97. The average Bonchev–Trinajstić information content (AvgIpc) is 2.23. The Kier molecular flexibility index (Phi) is 3.05. The summed E-state index contributed by atoms with van der Waals surface area (Å²) >= 11 is 0. The summed E-state index contributed by atoms with van der Waals surface area (Å²) in [6.45, 7) is 0.717. The van der Waals surface area contributed by atoms with Crippen LogP contribution in [0.25, 0.3) is 0 Å². The number of aliphatic hydroxyl groups is 1. The number of nitrogens with one attached hydrogen (secondary N) is 1. The van der Waals surface area contributed by atoms with Crippen LogP contribution in [0.5, 0.6) is 0 Å². The molecule has 0 aromatic carbocycles. The fraction of sp³-hybridized carbons (Fsp3) is 0.455. The van der Waals surface area contributed by atoms with Gasteiger partial charge in [-0.1, -0.05) is 0 Å². The molecule has 4 N–H and O–H groups in total. The molecule has 0 aliphatic heterocycles. The first-order valence-corrected chi connectivity index (χ1v) is 5.33. The summed E-state index contributed by atoms with van der Waals surface area (Å²) in [6, 6.07) is 3.33. The van der Waals surface area contributed by atoms with Gasteiger partial charge in [0.25, 0.3) is 5.91 Å². The van der Waals surface area contributed by atoms with E-state index >= 15 is 0 Å². The van der Waals surface area contributed by atoms with Gasteiger partial charge in [0.05, 0.1) is 11.7 Å². The van der Waals surface area contributed by atoms with Crippen molar-refractivity contribution >= 4 is 11.7 Å². The minimum Gasteiger partial charge on any atom is -0.393 e. The fourth-order valence-electron chi connectivity index (χ4n) is 1.85. The van der Waals surface area contributed by atoms with Crippen molar-refractivity contribution in [3.8, 4) is 0 Å². The topological polar surface area (TPSA) is 88.2 Å². The third kappa shape index (κ3) is 2.30. The zero-order valence-electron chi connectivity index (χ0n) is 8.89. The number of nitrogens with two attached hydrogens (primary N) is 1.